The van der Waals surface area contributed by atoms with E-state index >= 15 is 0 Å². The topological polar surface area (TPSA) is 81.4 Å². The molecule has 0 saturated heterocycles. The molecule has 2 aromatic heterocycles. The second-order valence-corrected chi connectivity index (χ2v) is 5.70. The zero-order valence-corrected chi connectivity index (χ0v) is 10.5. The van der Waals surface area contributed by atoms with Gasteiger partial charge in [0, 0.05) is 0 Å². The summed E-state index contributed by atoms with van der Waals surface area (Å²) < 4.78 is 1.29. The molecule has 80 valence electrons. The Balaban J connectivity index is 1.85. The Hall–Kier alpha value is -0.840. The Kier molecular flexibility index (Phi) is 3.41. The van der Waals surface area contributed by atoms with Crippen LogP contribution in [0.5, 0.6) is 0 Å². The van der Waals surface area contributed by atoms with Crippen LogP contribution in [-0.2, 0) is 0 Å². The molecule has 2 heterocycles. The van der Waals surface area contributed by atoms with Gasteiger partial charge in [-0.2, -0.15) is 0 Å². The molecule has 4 N–H and O–H groups in total. The van der Waals surface area contributed by atoms with E-state index in [2.05, 4.69) is 31.0 Å². The second-order valence-electron chi connectivity index (χ2n) is 2.37. The van der Waals surface area contributed by atoms with Crippen molar-refractivity contribution in [2.24, 2.45) is 0 Å². The van der Waals surface area contributed by atoms with E-state index in [1.807, 2.05) is 0 Å². The summed E-state index contributed by atoms with van der Waals surface area (Å²) in [5, 5.41) is 20.8. The lowest BCUT2D eigenvalue weighted by Gasteiger charge is -2.01. The van der Waals surface area contributed by atoms with Crippen molar-refractivity contribution in [1.82, 2.24) is 20.4 Å². The number of hydrogen-bond donors (Lipinski definition) is 4. The van der Waals surface area contributed by atoms with Crippen LogP contribution in [0.1, 0.15) is 0 Å². The fourth-order valence-electron chi connectivity index (χ4n) is 0.806. The highest BCUT2D eigenvalue weighted by Gasteiger charge is 1.97. The van der Waals surface area contributed by atoms with Crippen molar-refractivity contribution in [2.75, 3.05) is 17.3 Å². The van der Waals surface area contributed by atoms with Crippen LogP contribution in [0.4, 0.5) is 10.3 Å². The maximum Gasteiger partial charge on any atom is 0.205 e. The quantitative estimate of drug-likeness (QED) is 0.507. The predicted molar refractivity (Wildman–Crippen MR) is 66.7 cm³/mol. The van der Waals surface area contributed by atoms with Gasteiger partial charge in [0.25, 0.3) is 0 Å². The largest absolute Gasteiger partial charge is 0.343 e. The summed E-state index contributed by atoms with van der Waals surface area (Å²) in [6.45, 7) is 0.520. The van der Waals surface area contributed by atoms with Crippen LogP contribution < -0.4 is 10.6 Å². The van der Waals surface area contributed by atoms with Gasteiger partial charge in [0.1, 0.15) is 0 Å². The minimum Gasteiger partial charge on any atom is -0.343 e. The lowest BCUT2D eigenvalue weighted by atomic mass is 10.9. The molecule has 0 fully saturated rings. The number of hydrogen-bond acceptors (Lipinski definition) is 8. The third-order valence-corrected chi connectivity index (χ3v) is 3.45. The molecule has 0 aromatic carbocycles. The molecular weight excluding hydrogens is 272 g/mol. The van der Waals surface area contributed by atoms with E-state index in [9.17, 15) is 0 Å². The molecule has 0 spiro atoms. The van der Waals surface area contributed by atoms with Crippen molar-refractivity contribution in [1.29, 1.82) is 0 Å². The highest BCUT2D eigenvalue weighted by Crippen LogP contribution is 2.12. The summed E-state index contributed by atoms with van der Waals surface area (Å²) in [5.74, 6) is 0. The molecule has 0 bridgehead atoms. The lowest BCUT2D eigenvalue weighted by Crippen LogP contribution is -2.11. The van der Waals surface area contributed by atoms with Crippen molar-refractivity contribution in [3.63, 3.8) is 0 Å². The first-order valence-corrected chi connectivity index (χ1v) is 6.28. The third-order valence-electron chi connectivity index (χ3n) is 1.36. The van der Waals surface area contributed by atoms with Gasteiger partial charge in [-0.15, -0.1) is 10.2 Å². The summed E-state index contributed by atoms with van der Waals surface area (Å²) in [4.78, 5) is 0. The number of H-pyrrole nitrogens is 2. The van der Waals surface area contributed by atoms with Crippen LogP contribution in [0.2, 0.25) is 0 Å². The molecule has 0 aliphatic heterocycles. The van der Waals surface area contributed by atoms with Gasteiger partial charge in [-0.3, -0.25) is 10.2 Å². The predicted octanol–water partition coefficient (Wildman–Crippen LogP) is 2.20. The number of aromatic nitrogens is 4. The first-order chi connectivity index (χ1) is 7.24. The van der Waals surface area contributed by atoms with Crippen LogP contribution in [0.15, 0.2) is 0 Å². The summed E-state index contributed by atoms with van der Waals surface area (Å²) in [6, 6.07) is 0. The number of nitrogens with one attached hydrogen (secondary N) is 4. The SMILES string of the molecule is S=c1[nH]nc(NCNc2n[nH]c(=S)s2)s1. The number of anilines is 2. The van der Waals surface area contributed by atoms with Gasteiger partial charge in [0.15, 0.2) is 7.91 Å². The molecule has 0 aliphatic carbocycles. The smallest absolute Gasteiger partial charge is 0.205 e. The summed E-state index contributed by atoms with van der Waals surface area (Å²) in [6.07, 6.45) is 0. The van der Waals surface area contributed by atoms with E-state index in [1.54, 1.807) is 0 Å². The summed E-state index contributed by atoms with van der Waals surface area (Å²) >= 11 is 12.5. The maximum absolute atomic E-state index is 4.89. The van der Waals surface area contributed by atoms with E-state index < -0.39 is 0 Å². The Morgan fingerprint density at radius 2 is 1.47 bits per heavy atom. The standard InChI is InChI=1S/C5H6N6S4/c12-4-10-8-2(14-4)6-1-7-3-9-11-5(13)15-3/h1H2,(H,6,8)(H,7,9)(H,10,12)(H,11,13). The Morgan fingerprint density at radius 3 is 1.80 bits per heavy atom. The van der Waals surface area contributed by atoms with E-state index in [0.717, 1.165) is 10.3 Å². The zero-order chi connectivity index (χ0) is 10.7. The molecular formula is C5H6N6S4. The molecule has 2 rings (SSSR count). The summed E-state index contributed by atoms with van der Waals surface area (Å²) in [7, 11) is 0. The van der Waals surface area contributed by atoms with Gasteiger partial charge >= 0.3 is 0 Å². The molecule has 2 aromatic rings. The highest BCUT2D eigenvalue weighted by molar-refractivity contribution is 7.73. The summed E-state index contributed by atoms with van der Waals surface area (Å²) in [5.41, 5.74) is 0. The normalized spacial score (nSPS) is 10.1. The molecule has 6 nitrogen and oxygen atoms in total. The first kappa shape index (κ1) is 10.7. The minimum atomic E-state index is 0.520. The Morgan fingerprint density at radius 1 is 1.00 bits per heavy atom. The van der Waals surface area contributed by atoms with Gasteiger partial charge in [0.05, 0.1) is 6.67 Å². The van der Waals surface area contributed by atoms with Crippen molar-refractivity contribution in [2.45, 2.75) is 0 Å². The van der Waals surface area contributed by atoms with Crippen LogP contribution in [0.3, 0.4) is 0 Å². The minimum absolute atomic E-state index is 0.520. The number of aromatic amines is 2. The molecule has 10 heteroatoms. The zero-order valence-electron chi connectivity index (χ0n) is 7.23. The molecule has 0 aliphatic rings. The van der Waals surface area contributed by atoms with Gasteiger partial charge in [-0.25, -0.2) is 0 Å². The van der Waals surface area contributed by atoms with Crippen LogP contribution in [-0.4, -0.2) is 27.1 Å². The number of nitrogens with zero attached hydrogens (tertiary/aromatic N) is 2. The fourth-order valence-corrected chi connectivity index (χ4v) is 2.38. The fraction of sp³-hybridized carbons (Fsp3) is 0.200. The van der Waals surface area contributed by atoms with E-state index in [0.29, 0.717) is 14.6 Å². The van der Waals surface area contributed by atoms with Crippen molar-refractivity contribution in [3.8, 4) is 0 Å². The Labute approximate surface area is 103 Å². The molecule has 0 radical (unpaired) electrons. The van der Waals surface area contributed by atoms with E-state index in [1.165, 1.54) is 22.7 Å². The first-order valence-electron chi connectivity index (χ1n) is 3.83. The molecule has 15 heavy (non-hydrogen) atoms. The molecule has 0 saturated carbocycles. The number of rotatable bonds is 4. The van der Waals surface area contributed by atoms with Gasteiger partial charge in [-0.1, -0.05) is 22.7 Å². The van der Waals surface area contributed by atoms with Gasteiger partial charge < -0.3 is 10.6 Å². The molecule has 0 unspecified atom stereocenters. The van der Waals surface area contributed by atoms with Crippen LogP contribution >= 0.6 is 47.1 Å². The van der Waals surface area contributed by atoms with Crippen molar-refractivity contribution in [3.05, 3.63) is 7.91 Å². The second kappa shape index (κ2) is 4.79. The monoisotopic (exact) mass is 278 g/mol. The average Bonchev–Trinajstić information content (AvgIpc) is 2.76. The molecule has 0 atom stereocenters. The van der Waals surface area contributed by atoms with Crippen molar-refractivity contribution < 1.29 is 0 Å². The highest BCUT2D eigenvalue weighted by atomic mass is 32.2. The average molecular weight is 278 g/mol. The molecule has 0 amide bonds. The van der Waals surface area contributed by atoms with E-state index in [4.69, 9.17) is 24.4 Å². The van der Waals surface area contributed by atoms with E-state index in [-0.39, 0.29) is 0 Å². The van der Waals surface area contributed by atoms with Gasteiger partial charge in [-0.05, 0) is 24.4 Å². The Bertz CT molecular complexity index is 485. The third kappa shape index (κ3) is 3.06. The van der Waals surface area contributed by atoms with Crippen molar-refractivity contribution >= 4 is 57.4 Å². The van der Waals surface area contributed by atoms with Gasteiger partial charge in [0.2, 0.25) is 10.3 Å². The van der Waals surface area contributed by atoms with Crippen LogP contribution in [0.25, 0.3) is 0 Å². The lowest BCUT2D eigenvalue weighted by molar-refractivity contribution is 1.04. The van der Waals surface area contributed by atoms with Crippen LogP contribution in [0, 0.1) is 7.91 Å². The maximum atomic E-state index is 4.89.